The number of halogens is 6. The molecule has 0 amide bonds. The van der Waals surface area contributed by atoms with E-state index in [1.165, 1.54) is 0 Å². The molecule has 6 rings (SSSR count). The predicted molar refractivity (Wildman–Crippen MR) is 167 cm³/mol. The average Bonchev–Trinajstić information content (AvgIpc) is 3.07. The number of benzene rings is 2. The molecule has 14 heteroatoms. The SMILES string of the molecule is FC(F)(F)c1ccc([S-])nc1.FC(F)(F)c1ccc([S-])nc1.[Pd+2].[Pd+2].[c-]1ccccc1-c1ccccn1.[c-]1ccccc1-c1ccccn1. The third-order valence-corrected chi connectivity index (χ3v) is 5.91. The van der Waals surface area contributed by atoms with Gasteiger partial charge in [0.15, 0.2) is 0 Å². The zero-order chi connectivity index (χ0) is 33.4. The Bertz CT molecular complexity index is 1500. The van der Waals surface area contributed by atoms with Gasteiger partial charge >= 0.3 is 53.2 Å². The maximum absolute atomic E-state index is 11.8. The van der Waals surface area contributed by atoms with Gasteiger partial charge in [0.1, 0.15) is 0 Å². The second-order valence-electron chi connectivity index (χ2n) is 8.75. The fourth-order valence-electron chi connectivity index (χ4n) is 3.25. The zero-order valence-corrected chi connectivity index (χ0v) is 28.9. The van der Waals surface area contributed by atoms with Crippen molar-refractivity contribution in [3.8, 4) is 22.5 Å². The van der Waals surface area contributed by atoms with Crippen LogP contribution >= 0.6 is 0 Å². The van der Waals surface area contributed by atoms with Crippen LogP contribution in [0.2, 0.25) is 0 Å². The first-order chi connectivity index (χ1) is 21.9. The molecular weight excluding hydrogens is 855 g/mol. The van der Waals surface area contributed by atoms with Gasteiger partial charge in [0.25, 0.3) is 0 Å². The molecule has 0 saturated heterocycles. The van der Waals surface area contributed by atoms with Crippen LogP contribution in [0.25, 0.3) is 22.5 Å². The van der Waals surface area contributed by atoms with Gasteiger partial charge in [-0.2, -0.15) is 26.3 Å². The second kappa shape index (κ2) is 21.4. The van der Waals surface area contributed by atoms with E-state index in [0.29, 0.717) is 0 Å². The van der Waals surface area contributed by atoms with Crippen molar-refractivity contribution < 1.29 is 67.2 Å². The number of hydrogen-bond donors (Lipinski definition) is 0. The third-order valence-electron chi connectivity index (χ3n) is 5.43. The number of alkyl halides is 6. The van der Waals surface area contributed by atoms with Crippen molar-refractivity contribution in [1.29, 1.82) is 0 Å². The summed E-state index contributed by atoms with van der Waals surface area (Å²) in [6.07, 6.45) is -3.62. The van der Waals surface area contributed by atoms with Gasteiger partial charge in [0.2, 0.25) is 0 Å². The van der Waals surface area contributed by atoms with Gasteiger partial charge in [-0.1, -0.05) is 46.5 Å². The van der Waals surface area contributed by atoms with E-state index >= 15 is 0 Å². The van der Waals surface area contributed by atoms with E-state index in [1.807, 2.05) is 84.9 Å². The Morgan fingerprint density at radius 3 is 1.08 bits per heavy atom. The molecule has 252 valence electrons. The van der Waals surface area contributed by atoms with Gasteiger partial charge in [0, 0.05) is 24.8 Å². The maximum Gasteiger partial charge on any atom is 2.00 e. The van der Waals surface area contributed by atoms with Crippen molar-refractivity contribution in [1.82, 2.24) is 19.9 Å². The topological polar surface area (TPSA) is 51.6 Å². The fourth-order valence-corrected chi connectivity index (χ4v) is 3.49. The van der Waals surface area contributed by atoms with E-state index < -0.39 is 23.5 Å². The number of nitrogens with zero attached hydrogens (tertiary/aromatic N) is 4. The Balaban J connectivity index is 0.000000316. The molecule has 6 aromatic rings. The smallest absolute Gasteiger partial charge is 0.760 e. The molecule has 0 fully saturated rings. The number of pyridine rings is 4. The molecule has 0 aliphatic carbocycles. The molecule has 0 unspecified atom stereocenters. The zero-order valence-electron chi connectivity index (χ0n) is 24.2. The first-order valence-corrected chi connectivity index (χ1v) is 13.9. The summed E-state index contributed by atoms with van der Waals surface area (Å²) in [7, 11) is 0. The van der Waals surface area contributed by atoms with Crippen LogP contribution in [-0.2, 0) is 78.5 Å². The maximum atomic E-state index is 11.8. The van der Waals surface area contributed by atoms with Crippen molar-refractivity contribution in [2.24, 2.45) is 0 Å². The normalized spacial score (nSPS) is 10.1. The molecule has 4 heterocycles. The summed E-state index contributed by atoms with van der Waals surface area (Å²) in [4.78, 5) is 15.1. The molecular formula is C34H22F6N4Pd2S2. The minimum atomic E-state index is -4.32. The molecule has 0 spiro atoms. The summed E-state index contributed by atoms with van der Waals surface area (Å²) < 4.78 is 71.1. The van der Waals surface area contributed by atoms with E-state index in [1.54, 1.807) is 12.4 Å². The second-order valence-corrected chi connectivity index (χ2v) is 9.58. The van der Waals surface area contributed by atoms with Crippen molar-refractivity contribution >= 4 is 25.3 Å². The van der Waals surface area contributed by atoms with E-state index in [2.05, 4.69) is 57.3 Å². The van der Waals surface area contributed by atoms with Gasteiger partial charge in [-0.25, -0.2) is 0 Å². The van der Waals surface area contributed by atoms with Crippen LogP contribution in [0.15, 0.2) is 144 Å². The first kappa shape index (κ1) is 42.4. The minimum absolute atomic E-state index is 0. The fraction of sp³-hybridized carbons (Fsp3) is 0.0588. The summed E-state index contributed by atoms with van der Waals surface area (Å²) in [5.74, 6) is 0. The first-order valence-electron chi connectivity index (χ1n) is 13.1. The van der Waals surface area contributed by atoms with Crippen molar-refractivity contribution in [3.05, 3.63) is 157 Å². The molecule has 0 aliphatic rings. The summed E-state index contributed by atoms with van der Waals surface area (Å²) in [6.45, 7) is 0. The Morgan fingerprint density at radius 1 is 0.458 bits per heavy atom. The third kappa shape index (κ3) is 15.5. The molecule has 2 aromatic carbocycles. The molecule has 0 bridgehead atoms. The Hall–Kier alpha value is -3.62. The van der Waals surface area contributed by atoms with E-state index in [4.69, 9.17) is 0 Å². The molecule has 0 saturated carbocycles. The Labute approximate surface area is 312 Å². The van der Waals surface area contributed by atoms with Crippen LogP contribution in [0, 0.1) is 12.1 Å². The summed E-state index contributed by atoms with van der Waals surface area (Å²) in [5.41, 5.74) is 2.48. The van der Waals surface area contributed by atoms with Crippen LogP contribution in [-0.4, -0.2) is 19.9 Å². The summed E-state index contributed by atoms with van der Waals surface area (Å²) >= 11 is 9.03. The Kier molecular flexibility index (Phi) is 18.9. The van der Waals surface area contributed by atoms with Gasteiger partial charge < -0.3 is 35.2 Å². The van der Waals surface area contributed by atoms with Crippen molar-refractivity contribution in [3.63, 3.8) is 0 Å². The minimum Gasteiger partial charge on any atom is -0.760 e. The quantitative estimate of drug-likeness (QED) is 0.0750. The number of aromatic nitrogens is 4. The van der Waals surface area contributed by atoms with Crippen molar-refractivity contribution in [2.75, 3.05) is 0 Å². The largest absolute Gasteiger partial charge is 2.00 e. The van der Waals surface area contributed by atoms with E-state index in [0.717, 1.165) is 59.2 Å². The standard InChI is InChI=1S/2C11H8N.2C6H4F3NS.2Pd/c2*1-2-6-10(7-3-1)11-8-4-5-9-12-11;2*7-6(8,9)4-1-2-5(11)10-3-4;;/h2*1-6,8-9H;2*1-3H,(H,10,11);;/q2*-1;;;2*+2/p-2. The number of hydrogen-bond acceptors (Lipinski definition) is 6. The molecule has 48 heavy (non-hydrogen) atoms. The summed E-state index contributed by atoms with van der Waals surface area (Å²) in [5, 5.41) is 0.330. The van der Waals surface area contributed by atoms with Crippen LogP contribution in [0.1, 0.15) is 11.1 Å². The van der Waals surface area contributed by atoms with Gasteiger partial charge in [-0.3, -0.25) is 9.97 Å². The van der Waals surface area contributed by atoms with Crippen LogP contribution < -0.4 is 0 Å². The van der Waals surface area contributed by atoms with E-state index in [9.17, 15) is 26.3 Å². The molecule has 4 nitrogen and oxygen atoms in total. The molecule has 0 radical (unpaired) electrons. The average molecular weight is 878 g/mol. The Morgan fingerprint density at radius 2 is 0.833 bits per heavy atom. The van der Waals surface area contributed by atoms with Gasteiger partial charge in [-0.15, -0.1) is 71.8 Å². The van der Waals surface area contributed by atoms with E-state index in [-0.39, 0.29) is 50.9 Å². The van der Waals surface area contributed by atoms with Crippen molar-refractivity contribution in [2.45, 2.75) is 22.4 Å². The monoisotopic (exact) mass is 876 g/mol. The molecule has 0 aliphatic heterocycles. The van der Waals surface area contributed by atoms with Gasteiger partial charge in [0.05, 0.1) is 11.1 Å². The summed E-state index contributed by atoms with van der Waals surface area (Å²) in [6, 6.07) is 37.8. The van der Waals surface area contributed by atoms with Crippen LogP contribution in [0.5, 0.6) is 0 Å². The molecule has 4 aromatic heterocycles. The van der Waals surface area contributed by atoms with Gasteiger partial charge in [-0.05, 0) is 35.7 Å². The molecule has 0 N–H and O–H groups in total. The van der Waals surface area contributed by atoms with Crippen LogP contribution in [0.3, 0.4) is 0 Å². The number of rotatable bonds is 2. The molecule has 0 atom stereocenters. The van der Waals surface area contributed by atoms with Crippen LogP contribution in [0.4, 0.5) is 26.3 Å². The predicted octanol–water partition coefficient (Wildman–Crippen LogP) is 9.10.